The van der Waals surface area contributed by atoms with Gasteiger partial charge in [0, 0.05) is 36.8 Å². The van der Waals surface area contributed by atoms with E-state index in [1.165, 1.54) is 12.1 Å². The molecule has 2 aliphatic heterocycles. The van der Waals surface area contributed by atoms with Crippen LogP contribution < -0.4 is 9.47 Å². The molecule has 3 aromatic rings. The molecule has 0 bridgehead atoms. The summed E-state index contributed by atoms with van der Waals surface area (Å²) in [5.41, 5.74) is 2.82. The van der Waals surface area contributed by atoms with Gasteiger partial charge in [0.25, 0.3) is 0 Å². The number of carbonyl (C=O) groups is 2. The third-order valence-corrected chi connectivity index (χ3v) is 7.45. The molecule has 9 heteroatoms. The van der Waals surface area contributed by atoms with Gasteiger partial charge in [-0.3, -0.25) is 9.59 Å². The van der Waals surface area contributed by atoms with Gasteiger partial charge in [0.15, 0.2) is 11.5 Å². The minimum absolute atomic E-state index is 0.0648. The topological polar surface area (TPSA) is 90.2 Å². The van der Waals surface area contributed by atoms with E-state index in [1.807, 2.05) is 35.0 Å². The summed E-state index contributed by atoms with van der Waals surface area (Å²) in [5, 5.41) is 9.10. The number of aromatic nitrogens is 1. The highest BCUT2D eigenvalue weighted by Gasteiger charge is 2.35. The number of aliphatic carboxylic acids is 1. The maximum absolute atomic E-state index is 14.6. The molecule has 2 aliphatic rings. The monoisotopic (exact) mass is 522 g/mol. The predicted molar refractivity (Wildman–Crippen MR) is 137 cm³/mol. The van der Waals surface area contributed by atoms with Crippen molar-refractivity contribution in [1.82, 2.24) is 9.47 Å². The number of carbonyl (C=O) groups excluding carboxylic acids is 1. The number of carboxylic acid groups (broad SMARTS) is 1. The van der Waals surface area contributed by atoms with E-state index in [9.17, 15) is 14.0 Å². The van der Waals surface area contributed by atoms with E-state index in [0.29, 0.717) is 48.6 Å². The van der Waals surface area contributed by atoms with Crippen LogP contribution in [0.4, 0.5) is 4.39 Å². The summed E-state index contributed by atoms with van der Waals surface area (Å²) in [4.78, 5) is 26.3. The molecule has 2 atom stereocenters. The Morgan fingerprint density at radius 2 is 1.82 bits per heavy atom. The molecule has 0 aliphatic carbocycles. The number of ether oxygens (including phenoxy) is 3. The standard InChI is InChI=1S/C29H31FN2O6/c1-36-24-7-3-5-20(29(24)37-2)28-21-16-19(30)8-9-22(21)32-12-4-6-23(32)25(38-28)17-26(33)31-13-10-18(11-14-31)15-27(34)35/h3-9,12,16,18,25,28H,10-11,13-15,17H2,1-2H3,(H,34,35). The Morgan fingerprint density at radius 3 is 2.53 bits per heavy atom. The van der Waals surface area contributed by atoms with E-state index in [-0.39, 0.29) is 24.7 Å². The number of carboxylic acids is 1. The number of piperidine rings is 1. The first-order valence-corrected chi connectivity index (χ1v) is 12.7. The summed E-state index contributed by atoms with van der Waals surface area (Å²) < 4.78 is 34.4. The second kappa shape index (κ2) is 10.9. The summed E-state index contributed by atoms with van der Waals surface area (Å²) in [7, 11) is 3.10. The quantitative estimate of drug-likeness (QED) is 0.475. The van der Waals surface area contributed by atoms with Gasteiger partial charge < -0.3 is 28.8 Å². The number of fused-ring (bicyclic) bond motifs is 3. The molecular weight excluding hydrogens is 491 g/mol. The number of nitrogens with zero attached hydrogens (tertiary/aromatic N) is 2. The third kappa shape index (κ3) is 4.98. The summed E-state index contributed by atoms with van der Waals surface area (Å²) in [5.74, 6) is -0.189. The Hall–Kier alpha value is -3.85. The molecule has 200 valence electrons. The fourth-order valence-electron chi connectivity index (χ4n) is 5.57. The van der Waals surface area contributed by atoms with Crippen molar-refractivity contribution in [3.8, 4) is 17.2 Å². The zero-order valence-electron chi connectivity index (χ0n) is 21.4. The number of para-hydroxylation sites is 1. The summed E-state index contributed by atoms with van der Waals surface area (Å²) in [6.45, 7) is 1.03. The van der Waals surface area contributed by atoms with Gasteiger partial charge in [-0.2, -0.15) is 0 Å². The van der Waals surface area contributed by atoms with Crippen LogP contribution in [0.3, 0.4) is 0 Å². The molecule has 8 nitrogen and oxygen atoms in total. The van der Waals surface area contributed by atoms with Crippen molar-refractivity contribution < 1.29 is 33.3 Å². The van der Waals surface area contributed by atoms with Gasteiger partial charge in [-0.25, -0.2) is 4.39 Å². The van der Waals surface area contributed by atoms with E-state index in [2.05, 4.69) is 0 Å². The minimum Gasteiger partial charge on any atom is -0.493 e. The molecule has 1 amide bonds. The Bertz CT molecular complexity index is 1330. The fourth-order valence-corrected chi connectivity index (χ4v) is 5.57. The van der Waals surface area contributed by atoms with Gasteiger partial charge in [0.05, 0.1) is 32.0 Å². The van der Waals surface area contributed by atoms with Crippen molar-refractivity contribution in [1.29, 1.82) is 0 Å². The van der Waals surface area contributed by atoms with Crippen LogP contribution in [0.25, 0.3) is 5.69 Å². The molecule has 2 unspecified atom stereocenters. The number of rotatable bonds is 7. The lowest BCUT2D eigenvalue weighted by molar-refractivity contribution is -0.139. The molecule has 38 heavy (non-hydrogen) atoms. The predicted octanol–water partition coefficient (Wildman–Crippen LogP) is 4.90. The van der Waals surface area contributed by atoms with E-state index in [1.54, 1.807) is 31.3 Å². The third-order valence-electron chi connectivity index (χ3n) is 7.45. The number of benzene rings is 2. The van der Waals surface area contributed by atoms with Gasteiger partial charge in [-0.05, 0) is 55.2 Å². The number of halogens is 1. The molecular formula is C29H31FN2O6. The number of methoxy groups -OCH3 is 2. The lowest BCUT2D eigenvalue weighted by Crippen LogP contribution is -2.39. The molecule has 1 N–H and O–H groups in total. The summed E-state index contributed by atoms with van der Waals surface area (Å²) in [6, 6.07) is 13.8. The van der Waals surface area contributed by atoms with Gasteiger partial charge in [0.2, 0.25) is 5.91 Å². The molecule has 1 saturated heterocycles. The van der Waals surface area contributed by atoms with Crippen LogP contribution in [0.1, 0.15) is 54.7 Å². The molecule has 5 rings (SSSR count). The minimum atomic E-state index is -0.808. The first-order chi connectivity index (χ1) is 18.4. The van der Waals surface area contributed by atoms with E-state index >= 15 is 0 Å². The normalized spacial score (nSPS) is 19.3. The zero-order chi connectivity index (χ0) is 26.8. The van der Waals surface area contributed by atoms with Crippen molar-refractivity contribution in [2.75, 3.05) is 27.3 Å². The number of likely N-dealkylation sites (tertiary alicyclic amines) is 1. The highest BCUT2D eigenvalue weighted by molar-refractivity contribution is 5.77. The number of hydrogen-bond acceptors (Lipinski definition) is 5. The highest BCUT2D eigenvalue weighted by Crippen LogP contribution is 2.46. The molecule has 2 aromatic carbocycles. The average Bonchev–Trinajstić information content (AvgIpc) is 3.36. The molecule has 0 saturated carbocycles. The second-order valence-electron chi connectivity index (χ2n) is 9.72. The van der Waals surface area contributed by atoms with Gasteiger partial charge in [-0.15, -0.1) is 0 Å². The SMILES string of the molecule is COc1cccc(C2OC(CC(=O)N3CCC(CC(=O)O)CC3)c3cccn3-c3ccc(F)cc32)c1OC. The second-order valence-corrected chi connectivity index (χ2v) is 9.72. The molecule has 3 heterocycles. The lowest BCUT2D eigenvalue weighted by atomic mass is 9.93. The molecule has 0 spiro atoms. The number of hydrogen-bond donors (Lipinski definition) is 1. The Morgan fingerprint density at radius 1 is 1.03 bits per heavy atom. The van der Waals surface area contributed by atoms with Gasteiger partial charge in [-0.1, -0.05) is 12.1 Å². The van der Waals surface area contributed by atoms with Crippen molar-refractivity contribution in [2.24, 2.45) is 5.92 Å². The largest absolute Gasteiger partial charge is 0.493 e. The van der Waals surface area contributed by atoms with Gasteiger partial charge in [0.1, 0.15) is 18.0 Å². The van der Waals surface area contributed by atoms with Crippen molar-refractivity contribution in [3.05, 3.63) is 77.4 Å². The van der Waals surface area contributed by atoms with Gasteiger partial charge >= 0.3 is 5.97 Å². The maximum atomic E-state index is 14.6. The van der Waals surface area contributed by atoms with Crippen LogP contribution in [-0.2, 0) is 14.3 Å². The van der Waals surface area contributed by atoms with Crippen molar-refractivity contribution >= 4 is 11.9 Å². The average molecular weight is 523 g/mol. The Labute approximate surface area is 220 Å². The van der Waals surface area contributed by atoms with Crippen LogP contribution in [0.2, 0.25) is 0 Å². The van der Waals surface area contributed by atoms with E-state index in [0.717, 1.165) is 11.4 Å². The molecule has 0 radical (unpaired) electrons. The van der Waals surface area contributed by atoms with Crippen molar-refractivity contribution in [2.45, 2.75) is 37.9 Å². The first-order valence-electron chi connectivity index (χ1n) is 12.7. The highest BCUT2D eigenvalue weighted by atomic mass is 19.1. The van der Waals surface area contributed by atoms with Crippen LogP contribution in [-0.4, -0.2) is 53.8 Å². The maximum Gasteiger partial charge on any atom is 0.303 e. The van der Waals surface area contributed by atoms with Crippen LogP contribution >= 0.6 is 0 Å². The van der Waals surface area contributed by atoms with Crippen molar-refractivity contribution in [3.63, 3.8) is 0 Å². The molecule has 1 fully saturated rings. The Kier molecular flexibility index (Phi) is 7.37. The summed E-state index contributed by atoms with van der Waals surface area (Å²) in [6.07, 6.45) is 2.07. The fraction of sp³-hybridized carbons (Fsp3) is 0.379. The van der Waals surface area contributed by atoms with Crippen LogP contribution in [0.15, 0.2) is 54.7 Å². The summed E-state index contributed by atoms with van der Waals surface area (Å²) >= 11 is 0. The lowest BCUT2D eigenvalue weighted by Gasteiger charge is -2.33. The zero-order valence-corrected chi connectivity index (χ0v) is 21.4. The first kappa shape index (κ1) is 25.8. The van der Waals surface area contributed by atoms with E-state index < -0.39 is 24.0 Å². The number of amides is 1. The van der Waals surface area contributed by atoms with Crippen LogP contribution in [0.5, 0.6) is 11.5 Å². The Balaban J connectivity index is 1.49. The van der Waals surface area contributed by atoms with E-state index in [4.69, 9.17) is 19.3 Å². The smallest absolute Gasteiger partial charge is 0.303 e. The van der Waals surface area contributed by atoms with Crippen LogP contribution in [0, 0.1) is 11.7 Å². The molecule has 1 aromatic heterocycles.